The van der Waals surface area contributed by atoms with E-state index in [4.69, 9.17) is 4.74 Å². The van der Waals surface area contributed by atoms with Crippen LogP contribution in [0.1, 0.15) is 5.69 Å². The molecule has 0 bridgehead atoms. The summed E-state index contributed by atoms with van der Waals surface area (Å²) in [5.41, 5.74) is -1.03. The number of para-hydroxylation sites is 1. The van der Waals surface area contributed by atoms with Crippen LogP contribution >= 0.6 is 0 Å². The molecular formula is C11H7F3N2O. The van der Waals surface area contributed by atoms with Gasteiger partial charge in [-0.15, -0.1) is 0 Å². The molecule has 6 heteroatoms. The number of aromatic nitrogens is 2. The average molecular weight is 240 g/mol. The SMILES string of the molecule is FC(F)(F)c1cc(Oc2ccccc2)ncn1. The topological polar surface area (TPSA) is 35.0 Å². The highest BCUT2D eigenvalue weighted by Crippen LogP contribution is 2.29. The third kappa shape index (κ3) is 2.93. The van der Waals surface area contributed by atoms with Gasteiger partial charge in [-0.2, -0.15) is 13.2 Å². The number of nitrogens with zero attached hydrogens (tertiary/aromatic N) is 2. The molecule has 0 spiro atoms. The Kier molecular flexibility index (Phi) is 2.95. The second-order valence-electron chi connectivity index (χ2n) is 3.15. The lowest BCUT2D eigenvalue weighted by molar-refractivity contribution is -0.141. The van der Waals surface area contributed by atoms with Crippen LogP contribution in [-0.2, 0) is 6.18 Å². The maximum absolute atomic E-state index is 12.4. The molecule has 88 valence electrons. The summed E-state index contributed by atoms with van der Waals surface area (Å²) in [6, 6.07) is 9.19. The monoisotopic (exact) mass is 240 g/mol. The Bertz CT molecular complexity index is 500. The maximum atomic E-state index is 12.4. The molecule has 0 aliphatic carbocycles. The number of rotatable bonds is 2. The van der Waals surface area contributed by atoms with Crippen molar-refractivity contribution in [3.63, 3.8) is 0 Å². The minimum atomic E-state index is -4.50. The van der Waals surface area contributed by atoms with Gasteiger partial charge in [0, 0.05) is 6.07 Å². The van der Waals surface area contributed by atoms with E-state index in [9.17, 15) is 13.2 Å². The summed E-state index contributed by atoms with van der Waals surface area (Å²) in [6.45, 7) is 0. The molecule has 0 atom stereocenters. The van der Waals surface area contributed by atoms with E-state index in [1.54, 1.807) is 30.3 Å². The van der Waals surface area contributed by atoms with E-state index in [0.29, 0.717) is 5.75 Å². The van der Waals surface area contributed by atoms with E-state index in [2.05, 4.69) is 9.97 Å². The van der Waals surface area contributed by atoms with E-state index in [1.165, 1.54) is 0 Å². The Balaban J connectivity index is 2.23. The molecule has 1 aromatic carbocycles. The van der Waals surface area contributed by atoms with Crippen LogP contribution in [0.4, 0.5) is 13.2 Å². The first kappa shape index (κ1) is 11.4. The third-order valence-corrected chi connectivity index (χ3v) is 1.90. The summed E-state index contributed by atoms with van der Waals surface area (Å²) in [5, 5.41) is 0. The van der Waals surface area contributed by atoms with Gasteiger partial charge in [0.1, 0.15) is 12.1 Å². The number of alkyl halides is 3. The first-order chi connectivity index (χ1) is 8.05. The summed E-state index contributed by atoms with van der Waals surface area (Å²) in [5.74, 6) is 0.276. The van der Waals surface area contributed by atoms with Gasteiger partial charge in [0.15, 0.2) is 5.69 Å². The normalized spacial score (nSPS) is 11.2. The number of halogens is 3. The van der Waals surface area contributed by atoms with Crippen LogP contribution in [0.15, 0.2) is 42.7 Å². The summed E-state index contributed by atoms with van der Waals surface area (Å²) < 4.78 is 42.2. The first-order valence-electron chi connectivity index (χ1n) is 4.68. The Morgan fingerprint density at radius 3 is 2.35 bits per heavy atom. The smallest absolute Gasteiger partial charge is 0.433 e. The van der Waals surface area contributed by atoms with E-state index in [0.717, 1.165) is 12.4 Å². The second-order valence-corrected chi connectivity index (χ2v) is 3.15. The predicted molar refractivity (Wildman–Crippen MR) is 53.6 cm³/mol. The fraction of sp³-hybridized carbons (Fsp3) is 0.0909. The lowest BCUT2D eigenvalue weighted by Crippen LogP contribution is -2.08. The lowest BCUT2D eigenvalue weighted by atomic mass is 10.3. The Hall–Kier alpha value is -2.11. The summed E-state index contributed by atoms with van der Waals surface area (Å²) in [7, 11) is 0. The number of benzene rings is 1. The molecule has 1 aromatic heterocycles. The number of hydrogen-bond acceptors (Lipinski definition) is 3. The molecule has 0 saturated carbocycles. The van der Waals surface area contributed by atoms with Gasteiger partial charge in [-0.05, 0) is 12.1 Å². The van der Waals surface area contributed by atoms with Crippen LogP contribution in [0, 0.1) is 0 Å². The number of hydrogen-bond donors (Lipinski definition) is 0. The fourth-order valence-electron chi connectivity index (χ4n) is 1.16. The van der Waals surface area contributed by atoms with Gasteiger partial charge in [-0.1, -0.05) is 18.2 Å². The van der Waals surface area contributed by atoms with Crippen LogP contribution in [0.2, 0.25) is 0 Å². The third-order valence-electron chi connectivity index (χ3n) is 1.90. The van der Waals surface area contributed by atoms with Crippen molar-refractivity contribution < 1.29 is 17.9 Å². The number of ether oxygens (including phenoxy) is 1. The van der Waals surface area contributed by atoms with Crippen LogP contribution in [0.3, 0.4) is 0 Å². The Morgan fingerprint density at radius 1 is 1.00 bits per heavy atom. The molecule has 0 unspecified atom stereocenters. The molecule has 3 nitrogen and oxygen atoms in total. The molecule has 17 heavy (non-hydrogen) atoms. The zero-order valence-corrected chi connectivity index (χ0v) is 8.48. The maximum Gasteiger partial charge on any atom is 0.433 e. The summed E-state index contributed by atoms with van der Waals surface area (Å²) in [4.78, 5) is 6.75. The fourth-order valence-corrected chi connectivity index (χ4v) is 1.16. The van der Waals surface area contributed by atoms with Gasteiger partial charge in [0.25, 0.3) is 0 Å². The molecular weight excluding hydrogens is 233 g/mol. The highest BCUT2D eigenvalue weighted by atomic mass is 19.4. The molecule has 2 aromatic rings. The standard InChI is InChI=1S/C11H7F3N2O/c12-11(13,14)9-6-10(16-7-15-9)17-8-4-2-1-3-5-8/h1-7H. The van der Waals surface area contributed by atoms with E-state index in [-0.39, 0.29) is 5.88 Å². The molecule has 0 aliphatic heterocycles. The van der Waals surface area contributed by atoms with Crippen molar-refractivity contribution in [1.82, 2.24) is 9.97 Å². The van der Waals surface area contributed by atoms with Gasteiger partial charge >= 0.3 is 6.18 Å². The van der Waals surface area contributed by atoms with Crippen molar-refractivity contribution in [3.8, 4) is 11.6 Å². The highest BCUT2D eigenvalue weighted by Gasteiger charge is 2.33. The zero-order chi connectivity index (χ0) is 12.3. The highest BCUT2D eigenvalue weighted by molar-refractivity contribution is 5.27. The van der Waals surface area contributed by atoms with Gasteiger partial charge in [-0.25, -0.2) is 9.97 Å². The van der Waals surface area contributed by atoms with Crippen molar-refractivity contribution in [2.45, 2.75) is 6.18 Å². The quantitative estimate of drug-likeness (QED) is 0.807. The molecule has 0 amide bonds. The van der Waals surface area contributed by atoms with Crippen LogP contribution < -0.4 is 4.74 Å². The van der Waals surface area contributed by atoms with E-state index < -0.39 is 11.9 Å². The van der Waals surface area contributed by atoms with Crippen LogP contribution in [0.5, 0.6) is 11.6 Å². The van der Waals surface area contributed by atoms with Crippen molar-refractivity contribution >= 4 is 0 Å². The van der Waals surface area contributed by atoms with Crippen molar-refractivity contribution in [3.05, 3.63) is 48.4 Å². The van der Waals surface area contributed by atoms with Crippen molar-refractivity contribution in [1.29, 1.82) is 0 Å². The second kappa shape index (κ2) is 4.40. The molecule has 1 heterocycles. The van der Waals surface area contributed by atoms with Gasteiger partial charge < -0.3 is 4.74 Å². The van der Waals surface area contributed by atoms with Gasteiger partial charge in [-0.3, -0.25) is 0 Å². The van der Waals surface area contributed by atoms with Crippen LogP contribution in [0.25, 0.3) is 0 Å². The lowest BCUT2D eigenvalue weighted by Gasteiger charge is -2.07. The first-order valence-corrected chi connectivity index (χ1v) is 4.68. The Morgan fingerprint density at radius 2 is 1.71 bits per heavy atom. The molecule has 0 radical (unpaired) electrons. The predicted octanol–water partition coefficient (Wildman–Crippen LogP) is 3.29. The summed E-state index contributed by atoms with van der Waals surface area (Å²) in [6.07, 6.45) is -3.68. The largest absolute Gasteiger partial charge is 0.439 e. The van der Waals surface area contributed by atoms with Gasteiger partial charge in [0.2, 0.25) is 5.88 Å². The molecule has 0 fully saturated rings. The minimum Gasteiger partial charge on any atom is -0.439 e. The van der Waals surface area contributed by atoms with Gasteiger partial charge in [0.05, 0.1) is 0 Å². The minimum absolute atomic E-state index is 0.140. The zero-order valence-electron chi connectivity index (χ0n) is 8.48. The average Bonchev–Trinajstić information content (AvgIpc) is 2.29. The van der Waals surface area contributed by atoms with Crippen LogP contribution in [-0.4, -0.2) is 9.97 Å². The van der Waals surface area contributed by atoms with E-state index >= 15 is 0 Å². The van der Waals surface area contributed by atoms with E-state index in [1.807, 2.05) is 0 Å². The summed E-state index contributed by atoms with van der Waals surface area (Å²) >= 11 is 0. The van der Waals surface area contributed by atoms with Crippen molar-refractivity contribution in [2.24, 2.45) is 0 Å². The molecule has 0 aliphatic rings. The molecule has 0 N–H and O–H groups in total. The van der Waals surface area contributed by atoms with Crippen molar-refractivity contribution in [2.75, 3.05) is 0 Å². The molecule has 2 rings (SSSR count). The molecule has 0 saturated heterocycles. The Labute approximate surface area is 94.9 Å².